The molecule has 0 radical (unpaired) electrons. The van der Waals surface area contributed by atoms with E-state index in [1.165, 1.54) is 0 Å². The lowest BCUT2D eigenvalue weighted by molar-refractivity contribution is 0.157. The second kappa shape index (κ2) is 5.97. The monoisotopic (exact) mass is 257 g/mol. The third kappa shape index (κ3) is 5.14. The molecule has 1 rings (SSSR count). The van der Waals surface area contributed by atoms with Gasteiger partial charge in [-0.15, -0.1) is 11.3 Å². The first kappa shape index (κ1) is 13.9. The summed E-state index contributed by atoms with van der Waals surface area (Å²) in [5.74, 6) is 0. The third-order valence-electron chi connectivity index (χ3n) is 2.02. The number of nitrogens with zero attached hydrogens (tertiary/aromatic N) is 1. The summed E-state index contributed by atoms with van der Waals surface area (Å²) < 4.78 is 4.60. The van der Waals surface area contributed by atoms with Crippen LogP contribution in [0.3, 0.4) is 0 Å². The van der Waals surface area contributed by atoms with E-state index >= 15 is 0 Å². The van der Waals surface area contributed by atoms with E-state index < -0.39 is 6.09 Å². The number of carbonyl (C=O) groups excluding carboxylic acids is 1. The van der Waals surface area contributed by atoms with Gasteiger partial charge in [0.2, 0.25) is 0 Å². The summed E-state index contributed by atoms with van der Waals surface area (Å²) in [6.07, 6.45) is -0.740. The van der Waals surface area contributed by atoms with Crippen LogP contribution in [0.5, 0.6) is 0 Å². The van der Waals surface area contributed by atoms with Gasteiger partial charge >= 0.3 is 6.09 Å². The number of nitrogens with two attached hydrogens (primary N) is 1. The number of amides is 1. The normalized spacial score (nSPS) is 11.5. The molecular weight excluding hydrogens is 238 g/mol. The van der Waals surface area contributed by atoms with Crippen LogP contribution in [0.2, 0.25) is 0 Å². The Labute approximate surface area is 105 Å². The molecule has 5 nitrogen and oxygen atoms in total. The molecule has 0 unspecified atom stereocenters. The Morgan fingerprint density at radius 2 is 2.29 bits per heavy atom. The molecule has 0 fully saturated rings. The first-order valence-corrected chi connectivity index (χ1v) is 6.35. The van der Waals surface area contributed by atoms with E-state index in [2.05, 4.69) is 35.8 Å². The maximum atomic E-state index is 10.3. The van der Waals surface area contributed by atoms with Crippen molar-refractivity contribution in [3.05, 3.63) is 16.1 Å². The van der Waals surface area contributed by atoms with Gasteiger partial charge in [0.1, 0.15) is 6.61 Å². The summed E-state index contributed by atoms with van der Waals surface area (Å²) in [7, 11) is 0. The van der Waals surface area contributed by atoms with Gasteiger partial charge in [-0.1, -0.05) is 20.8 Å². The number of thiazole rings is 1. The molecule has 0 saturated heterocycles. The van der Waals surface area contributed by atoms with Crippen LogP contribution in [0.25, 0.3) is 0 Å². The molecule has 0 aromatic carbocycles. The number of ether oxygens (including phenoxy) is 1. The Balaban J connectivity index is 2.28. The number of carbonyl (C=O) groups is 1. The van der Waals surface area contributed by atoms with Crippen LogP contribution in [0.15, 0.2) is 5.38 Å². The Bertz CT molecular complexity index is 371. The number of rotatable bonds is 5. The fraction of sp³-hybridized carbons (Fsp3) is 0.636. The summed E-state index contributed by atoms with van der Waals surface area (Å²) in [6, 6.07) is 0. The molecule has 1 amide bonds. The minimum absolute atomic E-state index is 0.0952. The van der Waals surface area contributed by atoms with Crippen molar-refractivity contribution in [1.29, 1.82) is 0 Å². The van der Waals surface area contributed by atoms with Gasteiger partial charge in [0.15, 0.2) is 0 Å². The Morgan fingerprint density at radius 1 is 1.59 bits per heavy atom. The van der Waals surface area contributed by atoms with Crippen LogP contribution in [0.4, 0.5) is 4.79 Å². The summed E-state index contributed by atoms with van der Waals surface area (Å²) in [5, 5.41) is 6.30. The molecule has 0 bridgehead atoms. The second-order valence-corrected chi connectivity index (χ2v) is 5.60. The minimum Gasteiger partial charge on any atom is -0.448 e. The molecule has 0 atom stereocenters. The summed E-state index contributed by atoms with van der Waals surface area (Å²) in [5.41, 5.74) is 5.95. The fourth-order valence-electron chi connectivity index (χ4n) is 1.17. The fourth-order valence-corrected chi connectivity index (χ4v) is 2.08. The predicted molar refractivity (Wildman–Crippen MR) is 68.1 cm³/mol. The van der Waals surface area contributed by atoms with Gasteiger partial charge < -0.3 is 15.8 Å². The molecule has 96 valence electrons. The molecule has 1 aromatic heterocycles. The average Bonchev–Trinajstić information content (AvgIpc) is 2.64. The maximum Gasteiger partial charge on any atom is 0.404 e. The Hall–Kier alpha value is -1.14. The van der Waals surface area contributed by atoms with E-state index in [4.69, 9.17) is 5.73 Å². The van der Waals surface area contributed by atoms with Crippen molar-refractivity contribution < 1.29 is 9.53 Å². The lowest BCUT2D eigenvalue weighted by Gasteiger charge is -2.13. The molecule has 0 spiro atoms. The first-order valence-electron chi connectivity index (χ1n) is 5.47. The van der Waals surface area contributed by atoms with E-state index in [0.29, 0.717) is 13.1 Å². The maximum absolute atomic E-state index is 10.3. The third-order valence-corrected chi connectivity index (χ3v) is 3.34. The molecule has 0 aliphatic rings. The number of aromatic nitrogens is 1. The van der Waals surface area contributed by atoms with E-state index in [1.54, 1.807) is 11.3 Å². The lowest BCUT2D eigenvalue weighted by atomic mass is 9.98. The first-order chi connectivity index (χ1) is 7.89. The number of nitrogens with one attached hydrogen (secondary N) is 1. The van der Waals surface area contributed by atoms with Gasteiger partial charge in [0.25, 0.3) is 0 Å². The van der Waals surface area contributed by atoms with Crippen molar-refractivity contribution in [1.82, 2.24) is 10.3 Å². The highest BCUT2D eigenvalue weighted by atomic mass is 32.1. The van der Waals surface area contributed by atoms with Crippen molar-refractivity contribution >= 4 is 17.4 Å². The van der Waals surface area contributed by atoms with Crippen LogP contribution in [0.1, 0.15) is 31.5 Å². The number of hydrogen-bond donors (Lipinski definition) is 2. The number of primary amides is 1. The zero-order valence-corrected chi connectivity index (χ0v) is 11.3. The summed E-state index contributed by atoms with van der Waals surface area (Å²) in [6.45, 7) is 7.96. The largest absolute Gasteiger partial charge is 0.448 e. The van der Waals surface area contributed by atoms with Gasteiger partial charge in [0, 0.05) is 23.9 Å². The molecule has 3 N–H and O–H groups in total. The highest BCUT2D eigenvalue weighted by Crippen LogP contribution is 2.25. The van der Waals surface area contributed by atoms with Crippen molar-refractivity contribution in [2.75, 3.05) is 13.2 Å². The van der Waals surface area contributed by atoms with Crippen molar-refractivity contribution in [2.45, 2.75) is 32.7 Å². The van der Waals surface area contributed by atoms with Crippen LogP contribution in [-0.2, 0) is 16.7 Å². The van der Waals surface area contributed by atoms with Crippen LogP contribution >= 0.6 is 11.3 Å². The Morgan fingerprint density at radius 3 is 2.82 bits per heavy atom. The molecule has 6 heteroatoms. The van der Waals surface area contributed by atoms with Gasteiger partial charge in [0.05, 0.1) is 10.7 Å². The highest BCUT2D eigenvalue weighted by Gasteiger charge is 2.17. The molecule has 0 aliphatic heterocycles. The van der Waals surface area contributed by atoms with Gasteiger partial charge in [-0.3, -0.25) is 0 Å². The number of hydrogen-bond acceptors (Lipinski definition) is 5. The van der Waals surface area contributed by atoms with Crippen molar-refractivity contribution in [3.63, 3.8) is 0 Å². The van der Waals surface area contributed by atoms with E-state index in [9.17, 15) is 4.79 Å². The van der Waals surface area contributed by atoms with Crippen molar-refractivity contribution in [3.8, 4) is 0 Å². The van der Waals surface area contributed by atoms with Crippen molar-refractivity contribution in [2.24, 2.45) is 5.73 Å². The topological polar surface area (TPSA) is 77.2 Å². The lowest BCUT2D eigenvalue weighted by Crippen LogP contribution is -2.23. The SMILES string of the molecule is CC(C)(C)c1nc(CNCCOC(N)=O)cs1. The van der Waals surface area contributed by atoms with E-state index in [1.807, 2.05) is 5.38 Å². The molecule has 1 aromatic rings. The predicted octanol–water partition coefficient (Wildman–Crippen LogP) is 1.63. The zero-order valence-electron chi connectivity index (χ0n) is 10.4. The second-order valence-electron chi connectivity index (χ2n) is 4.74. The smallest absolute Gasteiger partial charge is 0.404 e. The van der Waals surface area contributed by atoms with Gasteiger partial charge in [-0.25, -0.2) is 9.78 Å². The molecule has 0 aliphatic carbocycles. The van der Waals surface area contributed by atoms with Crippen LogP contribution in [-0.4, -0.2) is 24.2 Å². The summed E-state index contributed by atoms with van der Waals surface area (Å²) >= 11 is 1.67. The van der Waals surface area contributed by atoms with Gasteiger partial charge in [-0.05, 0) is 0 Å². The molecule has 0 saturated carbocycles. The van der Waals surface area contributed by atoms with Crippen LogP contribution < -0.4 is 11.1 Å². The zero-order chi connectivity index (χ0) is 12.9. The van der Waals surface area contributed by atoms with E-state index in [0.717, 1.165) is 10.7 Å². The molecular formula is C11H19N3O2S. The van der Waals surface area contributed by atoms with E-state index in [-0.39, 0.29) is 12.0 Å². The Kier molecular flexibility index (Phi) is 4.89. The van der Waals surface area contributed by atoms with Gasteiger partial charge in [-0.2, -0.15) is 0 Å². The highest BCUT2D eigenvalue weighted by molar-refractivity contribution is 7.09. The summed E-state index contributed by atoms with van der Waals surface area (Å²) in [4.78, 5) is 14.8. The molecule has 17 heavy (non-hydrogen) atoms. The van der Waals surface area contributed by atoms with Crippen LogP contribution in [0, 0.1) is 0 Å². The molecule has 1 heterocycles. The average molecular weight is 257 g/mol. The minimum atomic E-state index is -0.740. The quantitative estimate of drug-likeness (QED) is 0.786. The standard InChI is InChI=1S/C11H19N3O2S/c1-11(2,3)9-14-8(7-17-9)6-13-4-5-16-10(12)15/h7,13H,4-6H2,1-3H3,(H2,12,15).